The molecule has 7 heteroatoms. The zero-order valence-corrected chi connectivity index (χ0v) is 18.0. The quantitative estimate of drug-likeness (QED) is 0.522. The zero-order chi connectivity index (χ0) is 20.8. The monoisotopic (exact) mass is 421 g/mol. The van der Waals surface area contributed by atoms with E-state index in [0.29, 0.717) is 11.2 Å². The molecule has 0 spiro atoms. The number of amides is 1. The van der Waals surface area contributed by atoms with E-state index in [9.17, 15) is 4.79 Å². The minimum atomic E-state index is -0.0635. The van der Waals surface area contributed by atoms with Gasteiger partial charge in [0.25, 0.3) is 0 Å². The third-order valence-corrected chi connectivity index (χ3v) is 6.25. The number of anilines is 2. The van der Waals surface area contributed by atoms with Crippen LogP contribution in [0.25, 0.3) is 5.69 Å². The maximum atomic E-state index is 12.4. The lowest BCUT2D eigenvalue weighted by atomic mass is 9.95. The molecule has 1 fully saturated rings. The number of aryl methyl sites for hydroxylation is 1. The lowest BCUT2D eigenvalue weighted by Gasteiger charge is -2.23. The normalized spacial score (nSPS) is 14.4. The highest BCUT2D eigenvalue weighted by molar-refractivity contribution is 7.99. The summed E-state index contributed by atoms with van der Waals surface area (Å²) in [6.45, 7) is 2.05. The van der Waals surface area contributed by atoms with Gasteiger partial charge in [0.1, 0.15) is 6.33 Å². The van der Waals surface area contributed by atoms with Crippen LogP contribution in [0.5, 0.6) is 0 Å². The second kappa shape index (κ2) is 9.80. The van der Waals surface area contributed by atoms with Crippen LogP contribution in [0.1, 0.15) is 37.7 Å². The van der Waals surface area contributed by atoms with Crippen molar-refractivity contribution in [1.82, 2.24) is 14.8 Å². The van der Waals surface area contributed by atoms with Gasteiger partial charge in [-0.3, -0.25) is 9.36 Å². The Bertz CT molecular complexity index is 962. The standard InChI is InChI=1S/C23H27N5OS/c1-17-7-13-21(14-8-17)28-16-24-27-23(28)30-15-22(29)26-20-11-9-19(10-12-20)25-18-5-3-2-4-6-18/h7-14,16,18,25H,2-6,15H2,1H3,(H,26,29). The number of nitrogens with zero attached hydrogens (tertiary/aromatic N) is 3. The van der Waals surface area contributed by atoms with E-state index >= 15 is 0 Å². The van der Waals surface area contributed by atoms with E-state index in [4.69, 9.17) is 0 Å². The smallest absolute Gasteiger partial charge is 0.234 e. The molecule has 0 atom stereocenters. The Morgan fingerprint density at radius 2 is 1.73 bits per heavy atom. The predicted molar refractivity (Wildman–Crippen MR) is 122 cm³/mol. The number of carbonyl (C=O) groups is 1. The molecule has 6 nitrogen and oxygen atoms in total. The molecule has 30 heavy (non-hydrogen) atoms. The van der Waals surface area contributed by atoms with Crippen molar-refractivity contribution in [2.75, 3.05) is 16.4 Å². The number of hydrogen-bond acceptors (Lipinski definition) is 5. The van der Waals surface area contributed by atoms with Crippen molar-refractivity contribution in [3.05, 3.63) is 60.4 Å². The second-order valence-corrected chi connectivity index (χ2v) is 8.66. The second-order valence-electron chi connectivity index (χ2n) is 7.71. The van der Waals surface area contributed by atoms with Crippen molar-refractivity contribution in [1.29, 1.82) is 0 Å². The van der Waals surface area contributed by atoms with Gasteiger partial charge in [-0.2, -0.15) is 0 Å². The van der Waals surface area contributed by atoms with Crippen molar-refractivity contribution in [2.45, 2.75) is 50.2 Å². The molecule has 2 aromatic carbocycles. The molecular weight excluding hydrogens is 394 g/mol. The number of nitrogens with one attached hydrogen (secondary N) is 2. The van der Waals surface area contributed by atoms with Gasteiger partial charge in [-0.25, -0.2) is 0 Å². The minimum absolute atomic E-state index is 0.0635. The van der Waals surface area contributed by atoms with E-state index < -0.39 is 0 Å². The van der Waals surface area contributed by atoms with Gasteiger partial charge in [0.05, 0.1) is 5.75 Å². The SMILES string of the molecule is Cc1ccc(-n2cnnc2SCC(=O)Nc2ccc(NC3CCCCC3)cc2)cc1. The molecule has 3 aromatic rings. The fourth-order valence-electron chi connectivity index (χ4n) is 3.66. The minimum Gasteiger partial charge on any atom is -0.382 e. The van der Waals surface area contributed by atoms with E-state index in [2.05, 4.69) is 27.8 Å². The first-order chi connectivity index (χ1) is 14.7. The van der Waals surface area contributed by atoms with E-state index in [1.807, 2.05) is 53.1 Å². The van der Waals surface area contributed by atoms with Crippen molar-refractivity contribution in [3.63, 3.8) is 0 Å². The van der Waals surface area contributed by atoms with Crippen molar-refractivity contribution < 1.29 is 4.79 Å². The van der Waals surface area contributed by atoms with Gasteiger partial charge in [0.15, 0.2) is 5.16 Å². The maximum absolute atomic E-state index is 12.4. The molecule has 1 amide bonds. The number of rotatable bonds is 7. The molecule has 1 saturated carbocycles. The predicted octanol–water partition coefficient (Wildman–Crippen LogP) is 5.05. The highest BCUT2D eigenvalue weighted by Gasteiger charge is 2.13. The van der Waals surface area contributed by atoms with Gasteiger partial charge in [0.2, 0.25) is 5.91 Å². The van der Waals surface area contributed by atoms with Gasteiger partial charge in [-0.15, -0.1) is 10.2 Å². The largest absolute Gasteiger partial charge is 0.382 e. The average Bonchev–Trinajstić information content (AvgIpc) is 3.24. The van der Waals surface area contributed by atoms with Crippen molar-refractivity contribution >= 4 is 29.0 Å². The Labute approximate surface area is 181 Å². The Kier molecular flexibility index (Phi) is 6.69. The molecule has 156 valence electrons. The van der Waals surface area contributed by atoms with Crippen LogP contribution in [-0.2, 0) is 4.79 Å². The molecule has 1 heterocycles. The molecule has 0 aliphatic heterocycles. The topological polar surface area (TPSA) is 71.8 Å². The van der Waals surface area contributed by atoms with Crippen LogP contribution >= 0.6 is 11.8 Å². The van der Waals surface area contributed by atoms with Gasteiger partial charge in [-0.05, 0) is 56.2 Å². The van der Waals surface area contributed by atoms with Crippen LogP contribution in [0.3, 0.4) is 0 Å². The van der Waals surface area contributed by atoms with Gasteiger partial charge in [-0.1, -0.05) is 48.7 Å². The van der Waals surface area contributed by atoms with Crippen molar-refractivity contribution in [2.24, 2.45) is 0 Å². The fourth-order valence-corrected chi connectivity index (χ4v) is 4.39. The summed E-state index contributed by atoms with van der Waals surface area (Å²) < 4.78 is 1.89. The Balaban J connectivity index is 1.29. The molecular formula is C23H27N5OS. The summed E-state index contributed by atoms with van der Waals surface area (Å²) in [4.78, 5) is 12.4. The number of benzene rings is 2. The van der Waals surface area contributed by atoms with Crippen LogP contribution in [0.15, 0.2) is 60.0 Å². The molecule has 0 radical (unpaired) electrons. The summed E-state index contributed by atoms with van der Waals surface area (Å²) in [6.07, 6.45) is 8.11. The molecule has 0 unspecified atom stereocenters. The van der Waals surface area contributed by atoms with Gasteiger partial charge in [0, 0.05) is 23.1 Å². The van der Waals surface area contributed by atoms with Crippen LogP contribution in [-0.4, -0.2) is 32.5 Å². The van der Waals surface area contributed by atoms with Crippen LogP contribution in [0, 0.1) is 6.92 Å². The summed E-state index contributed by atoms with van der Waals surface area (Å²) in [5.74, 6) is 0.207. The molecule has 1 aliphatic rings. The first-order valence-corrected chi connectivity index (χ1v) is 11.4. The van der Waals surface area contributed by atoms with Crippen LogP contribution in [0.2, 0.25) is 0 Å². The molecule has 0 saturated heterocycles. The Hall–Kier alpha value is -2.80. The summed E-state index contributed by atoms with van der Waals surface area (Å²) in [7, 11) is 0. The molecule has 1 aromatic heterocycles. The van der Waals surface area contributed by atoms with Crippen LogP contribution in [0.4, 0.5) is 11.4 Å². The summed E-state index contributed by atoms with van der Waals surface area (Å²) in [6, 6.07) is 16.7. The number of aromatic nitrogens is 3. The summed E-state index contributed by atoms with van der Waals surface area (Å²) in [5, 5.41) is 15.4. The average molecular weight is 422 g/mol. The lowest BCUT2D eigenvalue weighted by molar-refractivity contribution is -0.113. The number of thioether (sulfide) groups is 1. The van der Waals surface area contributed by atoms with Gasteiger partial charge >= 0.3 is 0 Å². The molecule has 4 rings (SSSR count). The first kappa shape index (κ1) is 20.5. The van der Waals surface area contributed by atoms with E-state index in [1.165, 1.54) is 49.4 Å². The number of hydrogen-bond donors (Lipinski definition) is 2. The number of carbonyl (C=O) groups excluding carboxylic acids is 1. The fraction of sp³-hybridized carbons (Fsp3) is 0.348. The highest BCUT2D eigenvalue weighted by atomic mass is 32.2. The lowest BCUT2D eigenvalue weighted by Crippen LogP contribution is -2.22. The van der Waals surface area contributed by atoms with Crippen LogP contribution < -0.4 is 10.6 Å². The first-order valence-electron chi connectivity index (χ1n) is 10.4. The summed E-state index contributed by atoms with van der Waals surface area (Å²) >= 11 is 1.37. The Morgan fingerprint density at radius 1 is 1.03 bits per heavy atom. The third-order valence-electron chi connectivity index (χ3n) is 5.31. The highest BCUT2D eigenvalue weighted by Crippen LogP contribution is 2.23. The summed E-state index contributed by atoms with van der Waals surface area (Å²) in [5.41, 5.74) is 4.09. The Morgan fingerprint density at radius 3 is 2.47 bits per heavy atom. The van der Waals surface area contributed by atoms with Crippen molar-refractivity contribution in [3.8, 4) is 5.69 Å². The molecule has 1 aliphatic carbocycles. The zero-order valence-electron chi connectivity index (χ0n) is 17.2. The third kappa shape index (κ3) is 5.42. The van der Waals surface area contributed by atoms with E-state index in [1.54, 1.807) is 6.33 Å². The van der Waals surface area contributed by atoms with E-state index in [-0.39, 0.29) is 11.7 Å². The van der Waals surface area contributed by atoms with Gasteiger partial charge < -0.3 is 10.6 Å². The maximum Gasteiger partial charge on any atom is 0.234 e. The molecule has 2 N–H and O–H groups in total. The van der Waals surface area contributed by atoms with E-state index in [0.717, 1.165) is 17.1 Å². The molecule has 0 bridgehead atoms.